The second-order valence-electron chi connectivity index (χ2n) is 5.73. The monoisotopic (exact) mass is 358 g/mol. The van der Waals surface area contributed by atoms with E-state index >= 15 is 0 Å². The lowest BCUT2D eigenvalue weighted by molar-refractivity contribution is -0.148. The van der Waals surface area contributed by atoms with Crippen molar-refractivity contribution in [1.29, 1.82) is 0 Å². The first-order chi connectivity index (χ1) is 12.3. The second-order valence-corrected chi connectivity index (χ2v) is 6.87. The smallest absolute Gasteiger partial charge is 0.332 e. The van der Waals surface area contributed by atoms with E-state index in [0.717, 1.165) is 25.7 Å². The zero-order valence-electron chi connectivity index (χ0n) is 14.8. The first kappa shape index (κ1) is 19.5. The molecule has 4 heteroatoms. The number of ether oxygens (including phenoxy) is 2. The van der Waals surface area contributed by atoms with E-state index in [1.54, 1.807) is 18.7 Å². The highest BCUT2D eigenvalue weighted by Gasteiger charge is 2.01. The number of hydrogen-bond acceptors (Lipinski definition) is 4. The molecule has 0 bridgehead atoms. The van der Waals surface area contributed by atoms with E-state index in [9.17, 15) is 4.79 Å². The zero-order chi connectivity index (χ0) is 17.7. The van der Waals surface area contributed by atoms with Gasteiger partial charge in [-0.15, -0.1) is 0 Å². The third-order valence-corrected chi connectivity index (χ3v) is 4.70. The summed E-state index contributed by atoms with van der Waals surface area (Å²) in [6, 6.07) is 19.2. The van der Waals surface area contributed by atoms with Crippen molar-refractivity contribution in [1.82, 2.24) is 0 Å². The molecule has 0 aliphatic carbocycles. The molecular formula is C21H26O3S. The molecule has 0 atom stereocenters. The van der Waals surface area contributed by atoms with E-state index in [4.69, 9.17) is 9.47 Å². The van der Waals surface area contributed by atoms with Crippen molar-refractivity contribution >= 4 is 17.7 Å². The molecule has 2 aromatic carbocycles. The molecule has 0 aliphatic rings. The Morgan fingerprint density at radius 3 is 2.36 bits per heavy atom. The minimum atomic E-state index is -0.282. The van der Waals surface area contributed by atoms with Gasteiger partial charge in [0.25, 0.3) is 0 Å². The maximum atomic E-state index is 11.1. The van der Waals surface area contributed by atoms with Crippen molar-refractivity contribution in [2.24, 2.45) is 0 Å². The summed E-state index contributed by atoms with van der Waals surface area (Å²) in [6.45, 7) is 2.88. The van der Waals surface area contributed by atoms with Gasteiger partial charge in [0.2, 0.25) is 0 Å². The van der Waals surface area contributed by atoms with Gasteiger partial charge in [-0.2, -0.15) is 0 Å². The molecule has 3 nitrogen and oxygen atoms in total. The lowest BCUT2D eigenvalue weighted by Gasteiger charge is -2.06. The summed E-state index contributed by atoms with van der Waals surface area (Å²) < 4.78 is 10.1. The third kappa shape index (κ3) is 8.23. The molecule has 0 saturated carbocycles. The Morgan fingerprint density at radius 2 is 1.64 bits per heavy atom. The van der Waals surface area contributed by atoms with E-state index in [-0.39, 0.29) is 12.6 Å². The Kier molecular flexibility index (Phi) is 9.16. The van der Waals surface area contributed by atoms with E-state index in [0.29, 0.717) is 13.2 Å². The molecule has 0 saturated heterocycles. The fourth-order valence-electron chi connectivity index (χ4n) is 2.42. The van der Waals surface area contributed by atoms with Crippen molar-refractivity contribution < 1.29 is 14.3 Å². The molecule has 0 radical (unpaired) electrons. The molecule has 0 fully saturated rings. The molecule has 0 aromatic heterocycles. The SMILES string of the molecule is CCOC(=O)COCCCCCc1ccc(Sc2ccccc2)cc1. The Morgan fingerprint density at radius 1 is 0.920 bits per heavy atom. The van der Waals surface area contributed by atoms with Crippen LogP contribution in [-0.4, -0.2) is 25.8 Å². The predicted octanol–water partition coefficient (Wildman–Crippen LogP) is 5.13. The Labute approximate surface area is 154 Å². The summed E-state index contributed by atoms with van der Waals surface area (Å²) in [5.41, 5.74) is 1.37. The van der Waals surface area contributed by atoms with Crippen molar-refractivity contribution in [3.05, 3.63) is 60.2 Å². The van der Waals surface area contributed by atoms with Crippen LogP contribution in [0, 0.1) is 0 Å². The first-order valence-corrected chi connectivity index (χ1v) is 9.65. The average molecular weight is 359 g/mol. The maximum Gasteiger partial charge on any atom is 0.332 e. The lowest BCUT2D eigenvalue weighted by Crippen LogP contribution is -2.12. The number of carbonyl (C=O) groups is 1. The molecule has 134 valence electrons. The summed E-state index contributed by atoms with van der Waals surface area (Å²) in [5, 5.41) is 0. The highest BCUT2D eigenvalue weighted by Crippen LogP contribution is 2.27. The van der Waals surface area contributed by atoms with Gasteiger partial charge in [0.15, 0.2) is 0 Å². The summed E-state index contributed by atoms with van der Waals surface area (Å²) in [6.07, 6.45) is 4.28. The van der Waals surface area contributed by atoms with Gasteiger partial charge >= 0.3 is 5.97 Å². The van der Waals surface area contributed by atoms with Crippen molar-refractivity contribution in [3.8, 4) is 0 Å². The van der Waals surface area contributed by atoms with Gasteiger partial charge in [0, 0.05) is 16.4 Å². The fourth-order valence-corrected chi connectivity index (χ4v) is 3.25. The largest absolute Gasteiger partial charge is 0.464 e. The molecule has 25 heavy (non-hydrogen) atoms. The van der Waals surface area contributed by atoms with E-state index < -0.39 is 0 Å². The van der Waals surface area contributed by atoms with Crippen LogP contribution in [0.2, 0.25) is 0 Å². The van der Waals surface area contributed by atoms with Crippen LogP contribution in [-0.2, 0) is 20.7 Å². The van der Waals surface area contributed by atoms with Crippen LogP contribution in [0.15, 0.2) is 64.4 Å². The highest BCUT2D eigenvalue weighted by molar-refractivity contribution is 7.99. The highest BCUT2D eigenvalue weighted by atomic mass is 32.2. The minimum Gasteiger partial charge on any atom is -0.464 e. The average Bonchev–Trinajstić information content (AvgIpc) is 2.63. The standard InChI is InChI=1S/C21H26O3S/c1-2-24-21(22)17-23-16-8-4-5-9-18-12-14-20(15-13-18)25-19-10-6-3-7-11-19/h3,6-7,10-15H,2,4-5,8-9,16-17H2,1H3. The van der Waals surface area contributed by atoms with Crippen molar-refractivity contribution in [2.45, 2.75) is 42.4 Å². The van der Waals surface area contributed by atoms with Gasteiger partial charge < -0.3 is 9.47 Å². The van der Waals surface area contributed by atoms with Crippen LogP contribution in [0.3, 0.4) is 0 Å². The van der Waals surface area contributed by atoms with Gasteiger partial charge in [-0.05, 0) is 56.0 Å². The Balaban J connectivity index is 1.58. The number of carbonyl (C=O) groups excluding carboxylic acids is 1. The summed E-state index contributed by atoms with van der Waals surface area (Å²) >= 11 is 1.79. The number of aryl methyl sites for hydroxylation is 1. The van der Waals surface area contributed by atoms with Crippen molar-refractivity contribution in [2.75, 3.05) is 19.8 Å². The van der Waals surface area contributed by atoms with Crippen LogP contribution in [0.4, 0.5) is 0 Å². The van der Waals surface area contributed by atoms with Crippen LogP contribution in [0.25, 0.3) is 0 Å². The topological polar surface area (TPSA) is 35.5 Å². The molecule has 0 spiro atoms. The zero-order valence-corrected chi connectivity index (χ0v) is 15.6. The van der Waals surface area contributed by atoms with E-state index in [2.05, 4.69) is 48.5 Å². The molecule has 0 aliphatic heterocycles. The summed E-state index contributed by atoms with van der Waals surface area (Å²) in [5.74, 6) is -0.282. The van der Waals surface area contributed by atoms with Gasteiger partial charge in [0.1, 0.15) is 6.61 Å². The number of rotatable bonds is 11. The number of unbranched alkanes of at least 4 members (excludes halogenated alkanes) is 2. The lowest BCUT2D eigenvalue weighted by atomic mass is 10.1. The fraction of sp³-hybridized carbons (Fsp3) is 0.381. The van der Waals surface area contributed by atoms with Gasteiger partial charge in [0.05, 0.1) is 6.61 Å². The van der Waals surface area contributed by atoms with Crippen LogP contribution < -0.4 is 0 Å². The van der Waals surface area contributed by atoms with Crippen LogP contribution in [0.5, 0.6) is 0 Å². The molecule has 0 unspecified atom stereocenters. The predicted molar refractivity (Wildman–Crippen MR) is 102 cm³/mol. The number of benzene rings is 2. The summed E-state index contributed by atoms with van der Waals surface area (Å²) in [4.78, 5) is 13.6. The molecule has 0 N–H and O–H groups in total. The first-order valence-electron chi connectivity index (χ1n) is 8.83. The van der Waals surface area contributed by atoms with Gasteiger partial charge in [-0.1, -0.05) is 48.5 Å². The van der Waals surface area contributed by atoms with E-state index in [1.807, 2.05) is 6.07 Å². The minimum absolute atomic E-state index is 0.0639. The Hall–Kier alpha value is -1.78. The second kappa shape index (κ2) is 11.7. The number of esters is 1. The Bertz CT molecular complexity index is 611. The van der Waals surface area contributed by atoms with E-state index in [1.165, 1.54) is 15.4 Å². The quantitative estimate of drug-likeness (QED) is 0.412. The van der Waals surface area contributed by atoms with Crippen LogP contribution in [0.1, 0.15) is 31.7 Å². The normalized spacial score (nSPS) is 10.6. The summed E-state index contributed by atoms with van der Waals surface area (Å²) in [7, 11) is 0. The third-order valence-electron chi connectivity index (χ3n) is 3.68. The molecule has 2 aromatic rings. The van der Waals surface area contributed by atoms with Gasteiger partial charge in [-0.25, -0.2) is 4.79 Å². The van der Waals surface area contributed by atoms with Crippen LogP contribution >= 0.6 is 11.8 Å². The molecule has 0 heterocycles. The molecule has 2 rings (SSSR count). The molecule has 0 amide bonds. The van der Waals surface area contributed by atoms with Gasteiger partial charge in [-0.3, -0.25) is 0 Å². The maximum absolute atomic E-state index is 11.1. The molecular weight excluding hydrogens is 332 g/mol. The number of hydrogen-bond donors (Lipinski definition) is 0. The van der Waals surface area contributed by atoms with Crippen molar-refractivity contribution in [3.63, 3.8) is 0 Å².